The molecule has 0 atom stereocenters. The molecule has 7 nitrogen and oxygen atoms in total. The van der Waals surface area contributed by atoms with Crippen molar-refractivity contribution >= 4 is 39.4 Å². The minimum absolute atomic E-state index is 0.261. The molecule has 0 aliphatic heterocycles. The lowest BCUT2D eigenvalue weighted by Gasteiger charge is -2.12. The van der Waals surface area contributed by atoms with Crippen LogP contribution in [0.15, 0.2) is 47.8 Å². The second-order valence-electron chi connectivity index (χ2n) is 6.12. The highest BCUT2D eigenvalue weighted by Crippen LogP contribution is 2.32. The number of amides is 1. The van der Waals surface area contributed by atoms with Gasteiger partial charge in [-0.3, -0.25) is 4.79 Å². The van der Waals surface area contributed by atoms with Gasteiger partial charge in [-0.05, 0) is 36.4 Å². The second kappa shape index (κ2) is 8.62. The number of methoxy groups -OCH3 is 2. The highest BCUT2D eigenvalue weighted by molar-refractivity contribution is 7.14. The number of hydrogen-bond donors (Lipinski definition) is 2. The van der Waals surface area contributed by atoms with Crippen LogP contribution in [0.4, 0.5) is 22.2 Å². The van der Waals surface area contributed by atoms with Crippen molar-refractivity contribution in [2.45, 2.75) is 0 Å². The van der Waals surface area contributed by atoms with Gasteiger partial charge in [-0.25, -0.2) is 4.98 Å². The maximum atomic E-state index is 12.5. The first-order valence-corrected chi connectivity index (χ1v) is 9.41. The smallest absolute Gasteiger partial charge is 0.275 e. The molecule has 1 heterocycles. The van der Waals surface area contributed by atoms with Crippen LogP contribution in [0.3, 0.4) is 0 Å². The zero-order valence-corrected chi connectivity index (χ0v) is 17.0. The summed E-state index contributed by atoms with van der Waals surface area (Å²) in [6.07, 6.45) is 0. The van der Waals surface area contributed by atoms with Gasteiger partial charge in [0.15, 0.2) is 5.13 Å². The van der Waals surface area contributed by atoms with Gasteiger partial charge in [0.2, 0.25) is 0 Å². The van der Waals surface area contributed by atoms with Crippen LogP contribution in [0.25, 0.3) is 0 Å². The number of benzene rings is 2. The molecule has 1 amide bonds. The normalized spacial score (nSPS) is 10.3. The average molecular weight is 398 g/mol. The molecule has 146 valence electrons. The molecule has 0 bridgehead atoms. The van der Waals surface area contributed by atoms with Crippen LogP contribution in [0.1, 0.15) is 10.5 Å². The molecule has 3 aromatic rings. The number of aromatic nitrogens is 1. The minimum atomic E-state index is -0.261. The Hall–Kier alpha value is -3.26. The van der Waals surface area contributed by atoms with Gasteiger partial charge in [0.1, 0.15) is 17.2 Å². The molecule has 8 heteroatoms. The number of carbonyl (C=O) groups excluding carboxylic acids is 1. The zero-order chi connectivity index (χ0) is 20.1. The van der Waals surface area contributed by atoms with E-state index in [1.807, 2.05) is 55.4 Å². The van der Waals surface area contributed by atoms with Crippen molar-refractivity contribution in [3.63, 3.8) is 0 Å². The predicted molar refractivity (Wildman–Crippen MR) is 114 cm³/mol. The standard InChI is InChI=1S/C20H22N4O3S/c1-24(2)14-7-5-13(6-8-14)21-19(25)17-12-28-20(23-17)22-16-10-9-15(26-3)11-18(16)27-4/h5-12H,1-4H3,(H,21,25)(H,22,23). The van der Waals surface area contributed by atoms with Crippen LogP contribution in [-0.4, -0.2) is 39.2 Å². The topological polar surface area (TPSA) is 75.7 Å². The van der Waals surface area contributed by atoms with Gasteiger partial charge < -0.3 is 25.0 Å². The van der Waals surface area contributed by atoms with Gasteiger partial charge in [0.05, 0.1) is 19.9 Å². The number of thiazole rings is 1. The van der Waals surface area contributed by atoms with E-state index in [9.17, 15) is 4.79 Å². The fraction of sp³-hybridized carbons (Fsp3) is 0.200. The Morgan fingerprint density at radius 3 is 2.46 bits per heavy atom. The number of rotatable bonds is 7. The fourth-order valence-electron chi connectivity index (χ4n) is 2.49. The van der Waals surface area contributed by atoms with Gasteiger partial charge in [0, 0.05) is 36.9 Å². The lowest BCUT2D eigenvalue weighted by molar-refractivity contribution is 0.102. The summed E-state index contributed by atoms with van der Waals surface area (Å²) < 4.78 is 10.6. The Bertz CT molecular complexity index is 954. The number of anilines is 4. The van der Waals surface area contributed by atoms with Crippen molar-refractivity contribution in [2.24, 2.45) is 0 Å². The van der Waals surface area contributed by atoms with Crippen molar-refractivity contribution in [1.29, 1.82) is 0 Å². The summed E-state index contributed by atoms with van der Waals surface area (Å²) in [6, 6.07) is 13.1. The van der Waals surface area contributed by atoms with Gasteiger partial charge in [0.25, 0.3) is 5.91 Å². The van der Waals surface area contributed by atoms with Crippen LogP contribution in [0, 0.1) is 0 Å². The van der Waals surface area contributed by atoms with Gasteiger partial charge in [-0.2, -0.15) is 0 Å². The summed E-state index contributed by atoms with van der Waals surface area (Å²) in [5, 5.41) is 8.34. The van der Waals surface area contributed by atoms with E-state index in [2.05, 4.69) is 15.6 Å². The monoisotopic (exact) mass is 398 g/mol. The molecule has 0 saturated heterocycles. The van der Waals surface area contributed by atoms with Crippen molar-refractivity contribution in [2.75, 3.05) is 43.8 Å². The zero-order valence-electron chi connectivity index (χ0n) is 16.1. The summed E-state index contributed by atoms with van der Waals surface area (Å²) in [5.74, 6) is 1.06. The van der Waals surface area contributed by atoms with Crippen LogP contribution in [0.5, 0.6) is 11.5 Å². The Balaban J connectivity index is 1.69. The van der Waals surface area contributed by atoms with E-state index in [1.165, 1.54) is 11.3 Å². The molecule has 0 radical (unpaired) electrons. The molecule has 0 aliphatic carbocycles. The lowest BCUT2D eigenvalue weighted by Crippen LogP contribution is -2.13. The summed E-state index contributed by atoms with van der Waals surface area (Å²) >= 11 is 1.34. The third kappa shape index (κ3) is 4.52. The third-order valence-electron chi connectivity index (χ3n) is 4.03. The molecule has 3 rings (SSSR count). The van der Waals surface area contributed by atoms with Crippen molar-refractivity contribution in [1.82, 2.24) is 4.98 Å². The van der Waals surface area contributed by atoms with Gasteiger partial charge >= 0.3 is 0 Å². The number of nitrogens with one attached hydrogen (secondary N) is 2. The molecular weight excluding hydrogens is 376 g/mol. The van der Waals surface area contributed by atoms with Crippen molar-refractivity contribution < 1.29 is 14.3 Å². The fourth-order valence-corrected chi connectivity index (χ4v) is 3.19. The van der Waals surface area contributed by atoms with E-state index in [1.54, 1.807) is 25.7 Å². The Morgan fingerprint density at radius 2 is 1.82 bits per heavy atom. The number of hydrogen-bond acceptors (Lipinski definition) is 7. The maximum absolute atomic E-state index is 12.5. The summed E-state index contributed by atoms with van der Waals surface area (Å²) in [5.41, 5.74) is 2.86. The largest absolute Gasteiger partial charge is 0.497 e. The molecular formula is C20H22N4O3S. The van der Waals surface area contributed by atoms with Crippen LogP contribution in [-0.2, 0) is 0 Å². The van der Waals surface area contributed by atoms with E-state index < -0.39 is 0 Å². The molecule has 0 fully saturated rings. The summed E-state index contributed by atoms with van der Waals surface area (Å²) in [6.45, 7) is 0. The Morgan fingerprint density at radius 1 is 1.07 bits per heavy atom. The molecule has 2 N–H and O–H groups in total. The van der Waals surface area contributed by atoms with Crippen molar-refractivity contribution in [3.8, 4) is 11.5 Å². The molecule has 28 heavy (non-hydrogen) atoms. The van der Waals surface area contributed by atoms with Crippen LogP contribution < -0.4 is 25.0 Å². The van der Waals surface area contributed by atoms with Crippen LogP contribution >= 0.6 is 11.3 Å². The van der Waals surface area contributed by atoms with E-state index in [-0.39, 0.29) is 5.91 Å². The molecule has 0 saturated carbocycles. The van der Waals surface area contributed by atoms with Crippen molar-refractivity contribution in [3.05, 3.63) is 53.5 Å². The van der Waals surface area contributed by atoms with Crippen LogP contribution in [0.2, 0.25) is 0 Å². The number of nitrogens with zero attached hydrogens (tertiary/aromatic N) is 2. The highest BCUT2D eigenvalue weighted by atomic mass is 32.1. The SMILES string of the molecule is COc1ccc(Nc2nc(C(=O)Nc3ccc(N(C)C)cc3)cs2)c(OC)c1. The Labute approximate surface area is 167 Å². The number of carbonyl (C=O) groups is 1. The lowest BCUT2D eigenvalue weighted by atomic mass is 10.2. The molecule has 0 unspecified atom stereocenters. The van der Waals surface area contributed by atoms with Gasteiger partial charge in [-0.15, -0.1) is 11.3 Å². The van der Waals surface area contributed by atoms with E-state index in [4.69, 9.17) is 9.47 Å². The first kappa shape index (κ1) is 19.5. The number of ether oxygens (including phenoxy) is 2. The maximum Gasteiger partial charge on any atom is 0.275 e. The highest BCUT2D eigenvalue weighted by Gasteiger charge is 2.13. The van der Waals surface area contributed by atoms with E-state index in [0.717, 1.165) is 17.1 Å². The first-order chi connectivity index (χ1) is 13.5. The van der Waals surface area contributed by atoms with Gasteiger partial charge in [-0.1, -0.05) is 0 Å². The summed E-state index contributed by atoms with van der Waals surface area (Å²) in [4.78, 5) is 18.8. The molecule has 0 aliphatic rings. The predicted octanol–water partition coefficient (Wildman–Crippen LogP) is 4.22. The average Bonchev–Trinajstić information content (AvgIpc) is 3.17. The summed E-state index contributed by atoms with van der Waals surface area (Å²) in [7, 11) is 7.12. The molecule has 0 spiro atoms. The second-order valence-corrected chi connectivity index (χ2v) is 6.98. The quantitative estimate of drug-likeness (QED) is 0.621. The molecule has 2 aromatic carbocycles. The molecule has 1 aromatic heterocycles. The minimum Gasteiger partial charge on any atom is -0.497 e. The van der Waals surface area contributed by atoms with E-state index >= 15 is 0 Å². The third-order valence-corrected chi connectivity index (χ3v) is 4.79. The van der Waals surface area contributed by atoms with E-state index in [0.29, 0.717) is 22.3 Å². The first-order valence-electron chi connectivity index (χ1n) is 8.53. The Kier molecular flexibility index (Phi) is 6.00.